The highest BCUT2D eigenvalue weighted by molar-refractivity contribution is 5.79. The van der Waals surface area contributed by atoms with E-state index in [0.29, 0.717) is 0 Å². The molecular formula is C21H28N4O3. The summed E-state index contributed by atoms with van der Waals surface area (Å²) in [6.07, 6.45) is 6.38. The van der Waals surface area contributed by atoms with E-state index in [2.05, 4.69) is 25.8 Å². The maximum atomic E-state index is 12.3. The number of carbonyl (C=O) groups is 1. The summed E-state index contributed by atoms with van der Waals surface area (Å²) in [5.41, 5.74) is 2.55. The van der Waals surface area contributed by atoms with Crippen LogP contribution in [0.4, 0.5) is 5.69 Å². The largest absolute Gasteiger partial charge is 0.462 e. The van der Waals surface area contributed by atoms with Gasteiger partial charge in [-0.3, -0.25) is 9.69 Å². The molecule has 28 heavy (non-hydrogen) atoms. The molecule has 5 rings (SSSR count). The summed E-state index contributed by atoms with van der Waals surface area (Å²) < 4.78 is 5.72. The Balaban J connectivity index is 1.13. The first kappa shape index (κ1) is 17.8. The average molecular weight is 384 g/mol. The molecule has 3 fully saturated rings. The summed E-state index contributed by atoms with van der Waals surface area (Å²) in [5, 5.41) is 0. The molecule has 1 unspecified atom stereocenters. The van der Waals surface area contributed by atoms with Crippen LogP contribution in [-0.2, 0) is 9.53 Å². The lowest BCUT2D eigenvalue weighted by Gasteiger charge is -2.36. The van der Waals surface area contributed by atoms with Crippen LogP contribution in [0.3, 0.4) is 0 Å². The first-order chi connectivity index (χ1) is 13.6. The molecule has 1 saturated carbocycles. The molecule has 1 atom stereocenters. The topological polar surface area (TPSA) is 81.4 Å². The Morgan fingerprint density at radius 3 is 2.57 bits per heavy atom. The fraction of sp³-hybridized carbons (Fsp3) is 0.619. The molecule has 1 aromatic heterocycles. The van der Waals surface area contributed by atoms with Crippen molar-refractivity contribution in [2.75, 3.05) is 37.6 Å². The molecule has 0 bridgehead atoms. The second-order valence-electron chi connectivity index (χ2n) is 8.65. The van der Waals surface area contributed by atoms with Crippen LogP contribution in [0.25, 0.3) is 11.0 Å². The predicted octanol–water partition coefficient (Wildman–Crippen LogP) is 2.24. The Kier molecular flexibility index (Phi) is 4.42. The zero-order valence-electron chi connectivity index (χ0n) is 16.2. The van der Waals surface area contributed by atoms with Crippen LogP contribution < -0.4 is 10.6 Å². The van der Waals surface area contributed by atoms with Gasteiger partial charge in [-0.25, -0.2) is 4.79 Å². The van der Waals surface area contributed by atoms with Crippen LogP contribution in [0.2, 0.25) is 0 Å². The maximum absolute atomic E-state index is 12.3. The number of benzene rings is 1. The van der Waals surface area contributed by atoms with Gasteiger partial charge < -0.3 is 19.6 Å². The van der Waals surface area contributed by atoms with Crippen molar-refractivity contribution >= 4 is 22.7 Å². The summed E-state index contributed by atoms with van der Waals surface area (Å²) in [7, 11) is 0. The van der Waals surface area contributed by atoms with Crippen molar-refractivity contribution in [3.63, 3.8) is 0 Å². The van der Waals surface area contributed by atoms with Crippen LogP contribution in [0.15, 0.2) is 23.0 Å². The number of anilines is 1. The van der Waals surface area contributed by atoms with E-state index in [1.807, 2.05) is 12.1 Å². The van der Waals surface area contributed by atoms with Gasteiger partial charge in [0.05, 0.1) is 16.4 Å². The normalized spacial score (nSPS) is 25.1. The number of esters is 1. The summed E-state index contributed by atoms with van der Waals surface area (Å²) in [5.74, 6) is 0.0676. The van der Waals surface area contributed by atoms with Gasteiger partial charge in [0.2, 0.25) is 0 Å². The van der Waals surface area contributed by atoms with E-state index in [-0.39, 0.29) is 23.2 Å². The standard InChI is InChI=1S/C21H28N4O3/c26-19-21(6-1-2-7-21)14-16(28-19)5-8-24-9-11-25(12-10-24)15-3-4-17-18(13-15)23-20(27)22-17/h3-4,13,16H,1-2,5-12,14H2,(H2,22,23,27). The fourth-order valence-electron chi connectivity index (χ4n) is 5.23. The number of hydrogen-bond acceptors (Lipinski definition) is 5. The van der Waals surface area contributed by atoms with Gasteiger partial charge in [-0.05, 0) is 37.5 Å². The number of cyclic esters (lactones) is 1. The molecule has 2 aromatic rings. The molecule has 7 nitrogen and oxygen atoms in total. The zero-order valence-corrected chi connectivity index (χ0v) is 16.2. The minimum Gasteiger partial charge on any atom is -0.462 e. The number of ether oxygens (including phenoxy) is 1. The average Bonchev–Trinajstić information content (AvgIpc) is 3.39. The van der Waals surface area contributed by atoms with Crippen molar-refractivity contribution in [3.8, 4) is 0 Å². The molecule has 3 aliphatic rings. The van der Waals surface area contributed by atoms with E-state index in [4.69, 9.17) is 4.74 Å². The van der Waals surface area contributed by atoms with Crippen molar-refractivity contribution in [2.24, 2.45) is 5.41 Å². The number of aromatic amines is 2. The third-order valence-electron chi connectivity index (χ3n) is 6.89. The van der Waals surface area contributed by atoms with Crippen molar-refractivity contribution < 1.29 is 9.53 Å². The molecule has 0 amide bonds. The second-order valence-corrected chi connectivity index (χ2v) is 8.65. The van der Waals surface area contributed by atoms with Gasteiger partial charge in [0.1, 0.15) is 6.10 Å². The number of fused-ring (bicyclic) bond motifs is 1. The maximum Gasteiger partial charge on any atom is 0.323 e. The molecular weight excluding hydrogens is 356 g/mol. The van der Waals surface area contributed by atoms with Crippen molar-refractivity contribution in [3.05, 3.63) is 28.7 Å². The number of carbonyl (C=O) groups excluding carboxylic acids is 1. The molecule has 0 radical (unpaired) electrons. The third kappa shape index (κ3) is 3.21. The molecule has 7 heteroatoms. The van der Waals surface area contributed by atoms with Crippen LogP contribution in [0.5, 0.6) is 0 Å². The molecule has 2 aliphatic heterocycles. The Labute approximate surface area is 164 Å². The van der Waals surface area contributed by atoms with Crippen LogP contribution in [0.1, 0.15) is 38.5 Å². The minimum absolute atomic E-state index is 0.0676. The van der Waals surface area contributed by atoms with Gasteiger partial charge in [-0.2, -0.15) is 0 Å². The highest BCUT2D eigenvalue weighted by Crippen LogP contribution is 2.48. The number of nitrogens with zero attached hydrogens (tertiary/aromatic N) is 2. The molecule has 2 N–H and O–H groups in total. The van der Waals surface area contributed by atoms with Gasteiger partial charge in [0, 0.05) is 44.8 Å². The summed E-state index contributed by atoms with van der Waals surface area (Å²) in [6.45, 7) is 4.94. The molecule has 2 saturated heterocycles. The fourth-order valence-corrected chi connectivity index (χ4v) is 5.23. The van der Waals surface area contributed by atoms with E-state index in [1.165, 1.54) is 12.8 Å². The number of hydrogen-bond donors (Lipinski definition) is 2. The predicted molar refractivity (Wildman–Crippen MR) is 108 cm³/mol. The summed E-state index contributed by atoms with van der Waals surface area (Å²) in [6, 6.07) is 6.07. The Morgan fingerprint density at radius 1 is 1.04 bits per heavy atom. The molecule has 1 aliphatic carbocycles. The number of nitrogens with one attached hydrogen (secondary N) is 2. The van der Waals surface area contributed by atoms with Crippen molar-refractivity contribution in [2.45, 2.75) is 44.6 Å². The molecule has 1 aromatic carbocycles. The third-order valence-corrected chi connectivity index (χ3v) is 6.89. The number of H-pyrrole nitrogens is 2. The van der Waals surface area contributed by atoms with Gasteiger partial charge in [0.15, 0.2) is 0 Å². The van der Waals surface area contributed by atoms with E-state index >= 15 is 0 Å². The van der Waals surface area contributed by atoms with Gasteiger partial charge in [0.25, 0.3) is 0 Å². The lowest BCUT2D eigenvalue weighted by molar-refractivity contribution is -0.148. The quantitative estimate of drug-likeness (QED) is 0.790. The van der Waals surface area contributed by atoms with E-state index < -0.39 is 0 Å². The number of imidazole rings is 1. The highest BCUT2D eigenvalue weighted by atomic mass is 16.6. The second kappa shape index (κ2) is 6.95. The van der Waals surface area contributed by atoms with Gasteiger partial charge >= 0.3 is 11.7 Å². The zero-order chi connectivity index (χ0) is 19.1. The monoisotopic (exact) mass is 384 g/mol. The number of aromatic nitrogens is 2. The van der Waals surface area contributed by atoms with Crippen LogP contribution >= 0.6 is 0 Å². The number of rotatable bonds is 4. The number of piperazine rings is 1. The molecule has 150 valence electrons. The van der Waals surface area contributed by atoms with Crippen LogP contribution in [-0.4, -0.2) is 59.7 Å². The lowest BCUT2D eigenvalue weighted by Crippen LogP contribution is -2.47. The van der Waals surface area contributed by atoms with Crippen LogP contribution in [0, 0.1) is 5.41 Å². The van der Waals surface area contributed by atoms with Crippen molar-refractivity contribution in [1.82, 2.24) is 14.9 Å². The van der Waals surface area contributed by atoms with Gasteiger partial charge in [-0.15, -0.1) is 0 Å². The molecule has 3 heterocycles. The first-order valence-electron chi connectivity index (χ1n) is 10.5. The lowest BCUT2D eigenvalue weighted by atomic mass is 9.83. The smallest absolute Gasteiger partial charge is 0.323 e. The molecule has 1 spiro atoms. The highest BCUT2D eigenvalue weighted by Gasteiger charge is 2.50. The van der Waals surface area contributed by atoms with Gasteiger partial charge in [-0.1, -0.05) is 12.8 Å². The van der Waals surface area contributed by atoms with Crippen molar-refractivity contribution in [1.29, 1.82) is 0 Å². The van der Waals surface area contributed by atoms with E-state index in [9.17, 15) is 9.59 Å². The minimum atomic E-state index is -0.163. The summed E-state index contributed by atoms with van der Waals surface area (Å²) in [4.78, 5) is 34.2. The Bertz CT molecular complexity index is 919. The van der Waals surface area contributed by atoms with E-state index in [0.717, 1.165) is 75.1 Å². The first-order valence-corrected chi connectivity index (χ1v) is 10.5. The van der Waals surface area contributed by atoms with E-state index in [1.54, 1.807) is 0 Å². The Hall–Kier alpha value is -2.28. The summed E-state index contributed by atoms with van der Waals surface area (Å²) >= 11 is 0. The SMILES string of the molecule is O=C1OC(CCN2CCN(c3ccc4[nH]c(=O)[nH]c4c3)CC2)CC12CCCC2. The Morgan fingerprint density at radius 2 is 1.79 bits per heavy atom.